The lowest BCUT2D eigenvalue weighted by molar-refractivity contribution is 0.359. The number of sulfonamides is 1. The molecule has 0 radical (unpaired) electrons. The molecule has 0 aliphatic heterocycles. The largest absolute Gasteiger partial charge is 0.228 e. The van der Waals surface area contributed by atoms with Crippen LogP contribution in [0.4, 0.5) is 0 Å². The summed E-state index contributed by atoms with van der Waals surface area (Å²) in [5.74, 6) is 1.01. The molecule has 0 saturated heterocycles. The van der Waals surface area contributed by atoms with Gasteiger partial charge in [0.1, 0.15) is 5.21 Å². The summed E-state index contributed by atoms with van der Waals surface area (Å²) in [5.41, 5.74) is 0. The third-order valence-corrected chi connectivity index (χ3v) is 4.70. The maximum atomic E-state index is 11.7. The van der Waals surface area contributed by atoms with Crippen molar-refractivity contribution in [3.8, 4) is 0 Å². The third-order valence-electron chi connectivity index (χ3n) is 2.44. The van der Waals surface area contributed by atoms with E-state index in [-0.39, 0.29) is 5.21 Å². The van der Waals surface area contributed by atoms with Crippen molar-refractivity contribution >= 4 is 21.6 Å². The molecule has 0 bridgehead atoms. The normalized spacial score (nSPS) is 13.0. The first-order valence-corrected chi connectivity index (χ1v) is 7.97. The predicted octanol–water partition coefficient (Wildman–Crippen LogP) is 2.91. The van der Waals surface area contributed by atoms with E-state index >= 15 is 0 Å². The zero-order valence-corrected chi connectivity index (χ0v) is 12.3. The quantitative estimate of drug-likeness (QED) is 0.636. The standard InChI is InChI=1S/C11H24ClNO2S/c1-10(2)5-7-13(8-6-11(3)4)16(14,15)9-12/h10-11H,5-9H2,1-4H3. The molecule has 98 valence electrons. The van der Waals surface area contributed by atoms with E-state index in [4.69, 9.17) is 11.6 Å². The molecule has 3 nitrogen and oxygen atoms in total. The molecule has 0 fully saturated rings. The molecule has 0 spiro atoms. The third kappa shape index (κ3) is 6.71. The highest BCUT2D eigenvalue weighted by Gasteiger charge is 2.20. The second-order valence-electron chi connectivity index (χ2n) is 4.99. The van der Waals surface area contributed by atoms with Crippen LogP contribution < -0.4 is 0 Å². The van der Waals surface area contributed by atoms with Gasteiger partial charge in [0.2, 0.25) is 10.0 Å². The van der Waals surface area contributed by atoms with Gasteiger partial charge in [0.15, 0.2) is 0 Å². The topological polar surface area (TPSA) is 37.4 Å². The number of rotatable bonds is 8. The van der Waals surface area contributed by atoms with Gasteiger partial charge in [0, 0.05) is 13.1 Å². The van der Waals surface area contributed by atoms with Crippen molar-refractivity contribution < 1.29 is 8.42 Å². The minimum Gasteiger partial charge on any atom is -0.211 e. The first-order chi connectivity index (χ1) is 7.29. The fraction of sp³-hybridized carbons (Fsp3) is 1.00. The van der Waals surface area contributed by atoms with Gasteiger partial charge in [0.05, 0.1) is 0 Å². The molecule has 16 heavy (non-hydrogen) atoms. The first-order valence-electron chi connectivity index (χ1n) is 5.83. The van der Waals surface area contributed by atoms with Gasteiger partial charge in [-0.2, -0.15) is 0 Å². The van der Waals surface area contributed by atoms with E-state index in [0.717, 1.165) is 12.8 Å². The summed E-state index contributed by atoms with van der Waals surface area (Å²) in [6.07, 6.45) is 1.77. The summed E-state index contributed by atoms with van der Waals surface area (Å²) >= 11 is 5.49. The maximum absolute atomic E-state index is 11.7. The van der Waals surface area contributed by atoms with Gasteiger partial charge in [-0.15, -0.1) is 11.6 Å². The average Bonchev–Trinajstić information content (AvgIpc) is 2.16. The van der Waals surface area contributed by atoms with E-state index in [1.165, 1.54) is 4.31 Å². The maximum Gasteiger partial charge on any atom is 0.228 e. The monoisotopic (exact) mass is 269 g/mol. The smallest absolute Gasteiger partial charge is 0.211 e. The number of hydrogen-bond donors (Lipinski definition) is 0. The van der Waals surface area contributed by atoms with Gasteiger partial charge in [0.25, 0.3) is 0 Å². The molecule has 0 rings (SSSR count). The van der Waals surface area contributed by atoms with Crippen LogP contribution in [0.3, 0.4) is 0 Å². The Hall–Kier alpha value is 0.200. The molecular formula is C11H24ClNO2S. The number of halogens is 1. The molecular weight excluding hydrogens is 246 g/mol. The number of hydrogen-bond acceptors (Lipinski definition) is 2. The van der Waals surface area contributed by atoms with E-state index < -0.39 is 10.0 Å². The lowest BCUT2D eigenvalue weighted by atomic mass is 10.1. The SMILES string of the molecule is CC(C)CCN(CCC(C)C)S(=O)(=O)CCl. The van der Waals surface area contributed by atoms with Gasteiger partial charge in [-0.1, -0.05) is 27.7 Å². The van der Waals surface area contributed by atoms with E-state index in [1.807, 2.05) is 0 Å². The van der Waals surface area contributed by atoms with Crippen molar-refractivity contribution in [3.05, 3.63) is 0 Å². The van der Waals surface area contributed by atoms with Gasteiger partial charge in [-0.05, 0) is 24.7 Å². The Bertz CT molecular complexity index is 264. The number of alkyl halides is 1. The minimum absolute atomic E-state index is 0.316. The molecule has 0 aliphatic rings. The van der Waals surface area contributed by atoms with E-state index in [9.17, 15) is 8.42 Å². The summed E-state index contributed by atoms with van der Waals surface area (Å²) in [5, 5.41) is -0.316. The zero-order chi connectivity index (χ0) is 12.8. The van der Waals surface area contributed by atoms with Crippen molar-refractivity contribution in [2.75, 3.05) is 18.3 Å². The summed E-state index contributed by atoms with van der Waals surface area (Å²) in [6, 6.07) is 0. The lowest BCUT2D eigenvalue weighted by Crippen LogP contribution is -2.34. The molecule has 0 heterocycles. The molecule has 5 heteroatoms. The minimum atomic E-state index is -3.25. The van der Waals surface area contributed by atoms with E-state index in [2.05, 4.69) is 27.7 Å². The Morgan fingerprint density at radius 2 is 1.38 bits per heavy atom. The van der Waals surface area contributed by atoms with Gasteiger partial charge in [-0.25, -0.2) is 12.7 Å². The summed E-state index contributed by atoms with van der Waals surface area (Å²) in [7, 11) is -3.25. The highest BCUT2D eigenvalue weighted by Crippen LogP contribution is 2.11. The highest BCUT2D eigenvalue weighted by molar-refractivity contribution is 7.90. The van der Waals surface area contributed by atoms with Crippen molar-refractivity contribution in [3.63, 3.8) is 0 Å². The fourth-order valence-electron chi connectivity index (χ4n) is 1.26. The van der Waals surface area contributed by atoms with Crippen LogP contribution in [0.25, 0.3) is 0 Å². The van der Waals surface area contributed by atoms with Crippen LogP contribution >= 0.6 is 11.6 Å². The highest BCUT2D eigenvalue weighted by atomic mass is 35.5. The molecule has 0 amide bonds. The van der Waals surface area contributed by atoms with Crippen molar-refractivity contribution in [1.29, 1.82) is 0 Å². The van der Waals surface area contributed by atoms with Crippen LogP contribution in [-0.2, 0) is 10.0 Å². The van der Waals surface area contributed by atoms with Gasteiger partial charge < -0.3 is 0 Å². The second-order valence-corrected chi connectivity index (χ2v) is 7.54. The van der Waals surface area contributed by atoms with Gasteiger partial charge >= 0.3 is 0 Å². The Balaban J connectivity index is 4.39. The van der Waals surface area contributed by atoms with Crippen LogP contribution in [0.1, 0.15) is 40.5 Å². The summed E-state index contributed by atoms with van der Waals surface area (Å²) in [6.45, 7) is 9.53. The Morgan fingerprint density at radius 1 is 1.00 bits per heavy atom. The molecule has 0 aromatic rings. The molecule has 0 saturated carbocycles. The molecule has 0 N–H and O–H groups in total. The lowest BCUT2D eigenvalue weighted by Gasteiger charge is -2.22. The van der Waals surface area contributed by atoms with Crippen LogP contribution in [-0.4, -0.2) is 31.0 Å². The van der Waals surface area contributed by atoms with Crippen LogP contribution in [0.2, 0.25) is 0 Å². The van der Waals surface area contributed by atoms with Crippen LogP contribution in [0, 0.1) is 11.8 Å². The van der Waals surface area contributed by atoms with Gasteiger partial charge in [-0.3, -0.25) is 0 Å². The molecule has 0 unspecified atom stereocenters. The second kappa shape index (κ2) is 7.51. The molecule has 0 aromatic carbocycles. The molecule has 0 aliphatic carbocycles. The fourth-order valence-corrected chi connectivity index (χ4v) is 2.58. The Morgan fingerprint density at radius 3 is 1.62 bits per heavy atom. The van der Waals surface area contributed by atoms with Crippen LogP contribution in [0.5, 0.6) is 0 Å². The van der Waals surface area contributed by atoms with Crippen molar-refractivity contribution in [2.45, 2.75) is 40.5 Å². The molecule has 0 atom stereocenters. The number of nitrogens with zero attached hydrogens (tertiary/aromatic N) is 1. The summed E-state index contributed by atoms with van der Waals surface area (Å²) in [4.78, 5) is 0. The molecule has 0 aromatic heterocycles. The zero-order valence-electron chi connectivity index (χ0n) is 10.7. The van der Waals surface area contributed by atoms with Crippen molar-refractivity contribution in [2.24, 2.45) is 11.8 Å². The predicted molar refractivity (Wildman–Crippen MR) is 70.1 cm³/mol. The van der Waals surface area contributed by atoms with E-state index in [0.29, 0.717) is 24.9 Å². The Labute approximate surface area is 105 Å². The van der Waals surface area contributed by atoms with E-state index in [1.54, 1.807) is 0 Å². The average molecular weight is 270 g/mol. The van der Waals surface area contributed by atoms with Crippen molar-refractivity contribution in [1.82, 2.24) is 4.31 Å². The Kier molecular flexibility index (Phi) is 7.61. The van der Waals surface area contributed by atoms with Crippen LogP contribution in [0.15, 0.2) is 0 Å². The first kappa shape index (κ1) is 16.2. The summed E-state index contributed by atoms with van der Waals surface area (Å²) < 4.78 is 25.0.